The molecule has 0 unspecified atom stereocenters. The molecule has 2 aromatic rings. The summed E-state index contributed by atoms with van der Waals surface area (Å²) in [5, 5.41) is 19.1. The van der Waals surface area contributed by atoms with Gasteiger partial charge in [0.15, 0.2) is 0 Å². The first-order valence-electron chi connectivity index (χ1n) is 6.87. The average Bonchev–Trinajstić information content (AvgIpc) is 2.53. The van der Waals surface area contributed by atoms with E-state index < -0.39 is 28.8 Å². The fourth-order valence-electron chi connectivity index (χ4n) is 2.09. The predicted octanol–water partition coefficient (Wildman–Crippen LogP) is 1.37. The monoisotopic (exact) mass is 321 g/mol. The summed E-state index contributed by atoms with van der Waals surface area (Å²) in [5.41, 5.74) is 1.54. The molecule has 0 amide bonds. The maximum atomic E-state index is 12.4. The first-order valence-corrected chi connectivity index (χ1v) is 8.35. The summed E-state index contributed by atoms with van der Waals surface area (Å²) in [6, 6.07) is 14.2. The second kappa shape index (κ2) is 7.02. The van der Waals surface area contributed by atoms with Crippen molar-refractivity contribution in [3.05, 3.63) is 65.7 Å². The van der Waals surface area contributed by atoms with Crippen LogP contribution in [0.15, 0.2) is 59.5 Å². The third-order valence-electron chi connectivity index (χ3n) is 3.34. The van der Waals surface area contributed by atoms with Crippen LogP contribution < -0.4 is 4.72 Å². The van der Waals surface area contributed by atoms with Gasteiger partial charge in [0.2, 0.25) is 10.0 Å². The van der Waals surface area contributed by atoms with Crippen LogP contribution in [0.4, 0.5) is 0 Å². The molecule has 6 heteroatoms. The van der Waals surface area contributed by atoms with Gasteiger partial charge in [0, 0.05) is 0 Å². The first kappa shape index (κ1) is 16.6. The molecule has 0 fully saturated rings. The van der Waals surface area contributed by atoms with Gasteiger partial charge in [0.05, 0.1) is 23.6 Å². The third-order valence-corrected chi connectivity index (χ3v) is 4.80. The zero-order valence-electron chi connectivity index (χ0n) is 12.2. The molecule has 2 aromatic carbocycles. The van der Waals surface area contributed by atoms with E-state index in [0.29, 0.717) is 5.56 Å². The molecule has 0 radical (unpaired) electrons. The lowest BCUT2D eigenvalue weighted by atomic mass is 10.0. The Balaban J connectivity index is 2.32. The van der Waals surface area contributed by atoms with Gasteiger partial charge >= 0.3 is 0 Å². The summed E-state index contributed by atoms with van der Waals surface area (Å²) in [6.45, 7) is 1.32. The summed E-state index contributed by atoms with van der Waals surface area (Å²) in [4.78, 5) is 0.115. The standard InChI is InChI=1S/C16H19NO4S/c1-12-7-9-14(10-8-12)22(20,21)17-16(15(19)11-18)13-5-3-2-4-6-13/h2-10,15-19H,11H2,1H3/t15-,16+/m0/s1. The van der Waals surface area contributed by atoms with Crippen molar-refractivity contribution >= 4 is 10.0 Å². The Labute approximate surface area is 130 Å². The largest absolute Gasteiger partial charge is 0.394 e. The highest BCUT2D eigenvalue weighted by Crippen LogP contribution is 2.20. The molecule has 0 aliphatic rings. The van der Waals surface area contributed by atoms with Crippen LogP contribution in [-0.4, -0.2) is 31.3 Å². The van der Waals surface area contributed by atoms with E-state index in [0.717, 1.165) is 5.56 Å². The van der Waals surface area contributed by atoms with Crippen molar-refractivity contribution in [3.63, 3.8) is 0 Å². The molecule has 2 atom stereocenters. The van der Waals surface area contributed by atoms with Crippen LogP contribution in [0, 0.1) is 6.92 Å². The average molecular weight is 321 g/mol. The number of hydrogen-bond donors (Lipinski definition) is 3. The van der Waals surface area contributed by atoms with E-state index in [-0.39, 0.29) is 4.90 Å². The molecular formula is C16H19NO4S. The molecule has 0 saturated carbocycles. The normalized spacial score (nSPS) is 14.5. The number of hydrogen-bond acceptors (Lipinski definition) is 4. The van der Waals surface area contributed by atoms with Crippen LogP contribution in [-0.2, 0) is 10.0 Å². The molecule has 2 rings (SSSR count). The second-order valence-electron chi connectivity index (χ2n) is 5.07. The molecular weight excluding hydrogens is 302 g/mol. The SMILES string of the molecule is Cc1ccc(S(=O)(=O)N[C@H](c2ccccc2)[C@@H](O)CO)cc1. The van der Waals surface area contributed by atoms with Gasteiger partial charge in [0.1, 0.15) is 0 Å². The summed E-state index contributed by atoms with van der Waals surface area (Å²) in [5.74, 6) is 0. The Morgan fingerprint density at radius 3 is 2.18 bits per heavy atom. The number of aryl methyl sites for hydroxylation is 1. The molecule has 0 heterocycles. The van der Waals surface area contributed by atoms with Gasteiger partial charge in [-0.2, -0.15) is 0 Å². The van der Waals surface area contributed by atoms with Crippen molar-refractivity contribution in [3.8, 4) is 0 Å². The van der Waals surface area contributed by atoms with E-state index in [1.807, 2.05) is 6.92 Å². The van der Waals surface area contributed by atoms with Gasteiger partial charge in [-0.15, -0.1) is 0 Å². The van der Waals surface area contributed by atoms with Crippen LogP contribution >= 0.6 is 0 Å². The number of aliphatic hydroxyl groups excluding tert-OH is 2. The Kier molecular flexibility index (Phi) is 5.31. The van der Waals surface area contributed by atoms with Crippen molar-refractivity contribution in [1.29, 1.82) is 0 Å². The number of benzene rings is 2. The lowest BCUT2D eigenvalue weighted by Crippen LogP contribution is -2.38. The molecule has 0 aromatic heterocycles. The number of nitrogens with one attached hydrogen (secondary N) is 1. The number of rotatable bonds is 6. The van der Waals surface area contributed by atoms with E-state index >= 15 is 0 Å². The Morgan fingerprint density at radius 2 is 1.64 bits per heavy atom. The van der Waals surface area contributed by atoms with Crippen LogP contribution in [0.2, 0.25) is 0 Å². The molecule has 118 valence electrons. The van der Waals surface area contributed by atoms with Crippen molar-refractivity contribution in [2.24, 2.45) is 0 Å². The van der Waals surface area contributed by atoms with Gasteiger partial charge in [-0.25, -0.2) is 13.1 Å². The predicted molar refractivity (Wildman–Crippen MR) is 83.8 cm³/mol. The smallest absolute Gasteiger partial charge is 0.241 e. The third kappa shape index (κ3) is 3.92. The van der Waals surface area contributed by atoms with E-state index in [2.05, 4.69) is 4.72 Å². The quantitative estimate of drug-likeness (QED) is 0.750. The van der Waals surface area contributed by atoms with Crippen molar-refractivity contribution in [2.45, 2.75) is 24.0 Å². The number of sulfonamides is 1. The number of aliphatic hydroxyl groups is 2. The minimum Gasteiger partial charge on any atom is -0.394 e. The fourth-order valence-corrected chi connectivity index (χ4v) is 3.35. The summed E-state index contributed by atoms with van der Waals surface area (Å²) >= 11 is 0. The summed E-state index contributed by atoms with van der Waals surface area (Å²) in [7, 11) is -3.80. The Morgan fingerprint density at radius 1 is 1.05 bits per heavy atom. The molecule has 0 bridgehead atoms. The summed E-state index contributed by atoms with van der Waals surface area (Å²) < 4.78 is 27.3. The fraction of sp³-hybridized carbons (Fsp3) is 0.250. The van der Waals surface area contributed by atoms with Gasteiger partial charge in [-0.1, -0.05) is 48.0 Å². The molecule has 0 spiro atoms. The van der Waals surface area contributed by atoms with Crippen molar-refractivity contribution < 1.29 is 18.6 Å². The van der Waals surface area contributed by atoms with Gasteiger partial charge in [-0.3, -0.25) is 0 Å². The highest BCUT2D eigenvalue weighted by Gasteiger charge is 2.26. The molecule has 22 heavy (non-hydrogen) atoms. The maximum absolute atomic E-state index is 12.4. The molecule has 3 N–H and O–H groups in total. The van der Waals surface area contributed by atoms with Gasteiger partial charge < -0.3 is 10.2 Å². The van der Waals surface area contributed by atoms with Crippen LogP contribution in [0.3, 0.4) is 0 Å². The summed E-state index contributed by atoms with van der Waals surface area (Å²) in [6.07, 6.45) is -1.23. The van der Waals surface area contributed by atoms with Gasteiger partial charge in [0.25, 0.3) is 0 Å². The Bertz CT molecular complexity index is 699. The first-order chi connectivity index (χ1) is 10.4. The van der Waals surface area contributed by atoms with E-state index in [9.17, 15) is 18.6 Å². The van der Waals surface area contributed by atoms with Crippen molar-refractivity contribution in [2.75, 3.05) is 6.61 Å². The van der Waals surface area contributed by atoms with E-state index in [4.69, 9.17) is 0 Å². The topological polar surface area (TPSA) is 86.6 Å². The lowest BCUT2D eigenvalue weighted by Gasteiger charge is -2.23. The second-order valence-corrected chi connectivity index (χ2v) is 6.79. The minimum atomic E-state index is -3.80. The van der Waals surface area contributed by atoms with Crippen LogP contribution in [0.5, 0.6) is 0 Å². The molecule has 0 aliphatic carbocycles. The lowest BCUT2D eigenvalue weighted by molar-refractivity contribution is 0.0693. The zero-order chi connectivity index (χ0) is 16.2. The Hall–Kier alpha value is -1.73. The van der Waals surface area contributed by atoms with E-state index in [1.54, 1.807) is 42.5 Å². The van der Waals surface area contributed by atoms with Crippen molar-refractivity contribution in [1.82, 2.24) is 4.72 Å². The van der Waals surface area contributed by atoms with Gasteiger partial charge in [-0.05, 0) is 24.6 Å². The minimum absolute atomic E-state index is 0.115. The molecule has 5 nitrogen and oxygen atoms in total. The van der Waals surface area contributed by atoms with E-state index in [1.165, 1.54) is 12.1 Å². The van der Waals surface area contributed by atoms with Crippen LogP contribution in [0.25, 0.3) is 0 Å². The highest BCUT2D eigenvalue weighted by atomic mass is 32.2. The van der Waals surface area contributed by atoms with Crippen LogP contribution in [0.1, 0.15) is 17.2 Å². The molecule has 0 aliphatic heterocycles. The highest BCUT2D eigenvalue weighted by molar-refractivity contribution is 7.89. The maximum Gasteiger partial charge on any atom is 0.241 e. The zero-order valence-corrected chi connectivity index (χ0v) is 13.0. The molecule has 0 saturated heterocycles.